The second-order valence-corrected chi connectivity index (χ2v) is 7.11. The number of rotatable bonds is 3. The number of aromatic nitrogens is 1. The average molecular weight is 322 g/mol. The highest BCUT2D eigenvalue weighted by Gasteiger charge is 2.40. The molecule has 1 aliphatic heterocycles. The number of nitrogens with zero attached hydrogens (tertiary/aromatic N) is 2. The van der Waals surface area contributed by atoms with Crippen LogP contribution in [0.25, 0.3) is 0 Å². The number of sulfonamides is 1. The van der Waals surface area contributed by atoms with Crippen molar-refractivity contribution in [3.63, 3.8) is 0 Å². The summed E-state index contributed by atoms with van der Waals surface area (Å²) in [5, 5.41) is 9.90. The summed E-state index contributed by atoms with van der Waals surface area (Å²) in [5.41, 5.74) is 0.658. The normalized spacial score (nSPS) is 22.8. The number of aliphatic hydroxyl groups excluding tert-OH is 1. The summed E-state index contributed by atoms with van der Waals surface area (Å²) in [5.74, 6) is -0.385. The van der Waals surface area contributed by atoms with E-state index in [9.17, 15) is 17.9 Å². The number of pyridine rings is 1. The highest BCUT2D eigenvalue weighted by atomic mass is 32.2. The van der Waals surface area contributed by atoms with Gasteiger partial charge in [-0.2, -0.15) is 4.31 Å². The molecule has 2 heterocycles. The highest BCUT2D eigenvalue weighted by Crippen LogP contribution is 2.36. The Kier molecular flexibility index (Phi) is 3.94. The van der Waals surface area contributed by atoms with Gasteiger partial charge in [0.15, 0.2) is 0 Å². The van der Waals surface area contributed by atoms with Crippen LogP contribution in [0.1, 0.15) is 18.0 Å². The van der Waals surface area contributed by atoms with Crippen molar-refractivity contribution in [3.8, 4) is 0 Å². The molecule has 1 N–H and O–H groups in total. The molecule has 0 bridgehead atoms. The van der Waals surface area contributed by atoms with Crippen LogP contribution in [-0.4, -0.2) is 35.5 Å². The van der Waals surface area contributed by atoms with E-state index in [0.29, 0.717) is 5.56 Å². The van der Waals surface area contributed by atoms with Crippen LogP contribution >= 0.6 is 0 Å². The summed E-state index contributed by atoms with van der Waals surface area (Å²) < 4.78 is 39.8. The van der Waals surface area contributed by atoms with Crippen molar-refractivity contribution < 1.29 is 17.9 Å². The minimum atomic E-state index is -3.76. The molecule has 0 spiro atoms. The Bertz CT molecular complexity index is 750. The Labute approximate surface area is 128 Å². The van der Waals surface area contributed by atoms with E-state index in [4.69, 9.17) is 0 Å². The third kappa shape index (κ3) is 2.75. The molecule has 5 nitrogen and oxygen atoms in total. The van der Waals surface area contributed by atoms with Crippen LogP contribution in [0.2, 0.25) is 0 Å². The maximum absolute atomic E-state index is 13.1. The molecule has 3 rings (SSSR count). The van der Waals surface area contributed by atoms with Crippen molar-refractivity contribution in [2.45, 2.75) is 23.5 Å². The lowest BCUT2D eigenvalue weighted by Gasteiger charge is -2.24. The standard InChI is InChI=1S/C15H15FN2O3S/c16-12-5-3-11(4-6-12)15-8-13(19)10-18(15)22(20,21)14-2-1-7-17-9-14/h1-7,9,13,15,19H,8,10H2. The third-order valence-electron chi connectivity index (χ3n) is 3.73. The molecule has 1 aromatic heterocycles. The van der Waals surface area contributed by atoms with Gasteiger partial charge in [-0.05, 0) is 36.2 Å². The predicted molar refractivity (Wildman–Crippen MR) is 77.9 cm³/mol. The number of hydrogen-bond acceptors (Lipinski definition) is 4. The van der Waals surface area contributed by atoms with E-state index in [-0.39, 0.29) is 23.7 Å². The third-order valence-corrected chi connectivity index (χ3v) is 5.59. The van der Waals surface area contributed by atoms with E-state index in [0.717, 1.165) is 0 Å². The van der Waals surface area contributed by atoms with Gasteiger partial charge in [0.1, 0.15) is 10.7 Å². The van der Waals surface area contributed by atoms with Crippen LogP contribution in [0.15, 0.2) is 53.7 Å². The van der Waals surface area contributed by atoms with Crippen molar-refractivity contribution in [3.05, 3.63) is 60.2 Å². The summed E-state index contributed by atoms with van der Waals surface area (Å²) in [6.07, 6.45) is 2.31. The number of halogens is 1. The van der Waals surface area contributed by atoms with Crippen molar-refractivity contribution in [1.82, 2.24) is 9.29 Å². The predicted octanol–water partition coefficient (Wildman–Crippen LogP) is 1.72. The maximum atomic E-state index is 13.1. The Balaban J connectivity index is 1.99. The molecule has 0 amide bonds. The molecule has 1 saturated heterocycles. The van der Waals surface area contributed by atoms with Crippen LogP contribution < -0.4 is 0 Å². The molecule has 1 aliphatic rings. The van der Waals surface area contributed by atoms with Crippen molar-refractivity contribution in [2.75, 3.05) is 6.54 Å². The lowest BCUT2D eigenvalue weighted by molar-refractivity contribution is 0.188. The lowest BCUT2D eigenvalue weighted by Crippen LogP contribution is -2.32. The first kappa shape index (κ1) is 15.1. The first-order valence-corrected chi connectivity index (χ1v) is 8.28. The fraction of sp³-hybridized carbons (Fsp3) is 0.267. The molecular weight excluding hydrogens is 307 g/mol. The van der Waals surface area contributed by atoms with Crippen molar-refractivity contribution >= 4 is 10.0 Å². The van der Waals surface area contributed by atoms with Gasteiger partial charge in [0.25, 0.3) is 0 Å². The molecule has 22 heavy (non-hydrogen) atoms. The van der Waals surface area contributed by atoms with Crippen molar-refractivity contribution in [1.29, 1.82) is 0 Å². The summed E-state index contributed by atoms with van der Waals surface area (Å²) in [6, 6.07) is 8.17. The van der Waals surface area contributed by atoms with Gasteiger partial charge in [-0.3, -0.25) is 4.98 Å². The molecule has 2 atom stereocenters. The minimum absolute atomic E-state index is 0.0132. The molecule has 116 valence electrons. The van der Waals surface area contributed by atoms with Crippen molar-refractivity contribution in [2.24, 2.45) is 0 Å². The number of aliphatic hydroxyl groups is 1. The fourth-order valence-corrected chi connectivity index (χ4v) is 4.30. The van der Waals surface area contributed by atoms with E-state index in [1.54, 1.807) is 18.2 Å². The smallest absolute Gasteiger partial charge is 0.245 e. The van der Waals surface area contributed by atoms with Crippen LogP contribution in [0, 0.1) is 5.82 Å². The molecule has 2 unspecified atom stereocenters. The summed E-state index contributed by atoms with van der Waals surface area (Å²) in [7, 11) is -3.76. The number of β-amino-alcohol motifs (C(OH)–C–C–N with tert-alkyl or cyclic N) is 1. The lowest BCUT2D eigenvalue weighted by atomic mass is 10.0. The van der Waals surface area contributed by atoms with E-state index in [1.807, 2.05) is 0 Å². The van der Waals surface area contributed by atoms with Crippen LogP contribution in [-0.2, 0) is 10.0 Å². The van der Waals surface area contributed by atoms with E-state index in [2.05, 4.69) is 4.98 Å². The van der Waals surface area contributed by atoms with E-state index < -0.39 is 22.2 Å². The second-order valence-electron chi connectivity index (χ2n) is 5.22. The molecule has 7 heteroatoms. The second kappa shape index (κ2) is 5.75. The minimum Gasteiger partial charge on any atom is -0.392 e. The molecule has 0 saturated carbocycles. The van der Waals surface area contributed by atoms with E-state index >= 15 is 0 Å². The Morgan fingerprint density at radius 2 is 1.95 bits per heavy atom. The van der Waals surface area contributed by atoms with Gasteiger partial charge in [0.2, 0.25) is 10.0 Å². The monoisotopic (exact) mass is 322 g/mol. The molecule has 2 aromatic rings. The molecular formula is C15H15FN2O3S. The summed E-state index contributed by atoms with van der Waals surface area (Å²) in [6.45, 7) is 0.0132. The molecule has 0 radical (unpaired) electrons. The average Bonchev–Trinajstić information content (AvgIpc) is 2.92. The first-order chi connectivity index (χ1) is 10.5. The maximum Gasteiger partial charge on any atom is 0.245 e. The largest absolute Gasteiger partial charge is 0.392 e. The molecule has 1 fully saturated rings. The highest BCUT2D eigenvalue weighted by molar-refractivity contribution is 7.89. The van der Waals surface area contributed by atoms with E-state index in [1.165, 1.54) is 34.9 Å². The van der Waals surface area contributed by atoms with Crippen LogP contribution in [0.5, 0.6) is 0 Å². The zero-order valence-electron chi connectivity index (χ0n) is 11.6. The summed E-state index contributed by atoms with van der Waals surface area (Å²) >= 11 is 0. The molecule has 0 aliphatic carbocycles. The van der Waals surface area contributed by atoms with Crippen LogP contribution in [0.3, 0.4) is 0 Å². The van der Waals surface area contributed by atoms with Gasteiger partial charge in [-0.25, -0.2) is 12.8 Å². The summed E-state index contributed by atoms with van der Waals surface area (Å²) in [4.78, 5) is 3.91. The SMILES string of the molecule is O=S(=O)(c1cccnc1)N1CC(O)CC1c1ccc(F)cc1. The van der Waals surface area contributed by atoms with Gasteiger partial charge >= 0.3 is 0 Å². The Hall–Kier alpha value is -1.83. The Morgan fingerprint density at radius 3 is 2.59 bits per heavy atom. The zero-order chi connectivity index (χ0) is 15.7. The molecule has 1 aromatic carbocycles. The van der Waals surface area contributed by atoms with Gasteiger partial charge < -0.3 is 5.11 Å². The number of hydrogen-bond donors (Lipinski definition) is 1. The van der Waals surface area contributed by atoms with Gasteiger partial charge in [-0.1, -0.05) is 12.1 Å². The van der Waals surface area contributed by atoms with Gasteiger partial charge in [0.05, 0.1) is 12.1 Å². The quantitative estimate of drug-likeness (QED) is 0.934. The topological polar surface area (TPSA) is 70.5 Å². The first-order valence-electron chi connectivity index (χ1n) is 6.84. The fourth-order valence-electron chi connectivity index (χ4n) is 2.67. The van der Waals surface area contributed by atoms with Crippen LogP contribution in [0.4, 0.5) is 4.39 Å². The zero-order valence-corrected chi connectivity index (χ0v) is 12.4. The number of benzene rings is 1. The van der Waals surface area contributed by atoms with Gasteiger partial charge in [-0.15, -0.1) is 0 Å². The van der Waals surface area contributed by atoms with Gasteiger partial charge in [0, 0.05) is 18.9 Å². The Morgan fingerprint density at radius 1 is 1.23 bits per heavy atom.